The number of carbonyl (C=O) groups excluding carboxylic acids is 1. The Balaban J connectivity index is 2.11. The third-order valence-corrected chi connectivity index (χ3v) is 3.68. The largest absolute Gasteiger partial charge is 0.490 e. The highest BCUT2D eigenvalue weighted by Gasteiger charge is 2.38. The van der Waals surface area contributed by atoms with E-state index < -0.39 is 11.4 Å². The smallest absolute Gasteiger partial charge is 0.237 e. The maximum Gasteiger partial charge on any atom is 0.237 e. The third kappa shape index (κ3) is 3.04. The summed E-state index contributed by atoms with van der Waals surface area (Å²) in [6.07, 6.45) is 2.32. The SMILES string of the molecule is Cc1ccc(F)cc1OC1CCCC(N)(C(N)=O)C1. The van der Waals surface area contributed by atoms with Gasteiger partial charge in [0.2, 0.25) is 5.91 Å². The van der Waals surface area contributed by atoms with Crippen molar-refractivity contribution in [2.45, 2.75) is 44.2 Å². The number of primary amides is 1. The van der Waals surface area contributed by atoms with Crippen LogP contribution in [0.2, 0.25) is 0 Å². The average molecular weight is 266 g/mol. The zero-order valence-electron chi connectivity index (χ0n) is 11.0. The molecule has 0 radical (unpaired) electrons. The molecule has 0 bridgehead atoms. The molecule has 1 aromatic rings. The Morgan fingerprint density at radius 3 is 2.95 bits per heavy atom. The molecule has 1 amide bonds. The number of halogens is 1. The number of benzene rings is 1. The van der Waals surface area contributed by atoms with Crippen LogP contribution in [-0.2, 0) is 4.79 Å². The van der Waals surface area contributed by atoms with E-state index in [0.29, 0.717) is 18.6 Å². The van der Waals surface area contributed by atoms with Gasteiger partial charge in [0, 0.05) is 12.5 Å². The Morgan fingerprint density at radius 2 is 2.26 bits per heavy atom. The summed E-state index contributed by atoms with van der Waals surface area (Å²) >= 11 is 0. The van der Waals surface area contributed by atoms with E-state index in [9.17, 15) is 9.18 Å². The molecular formula is C14H19FN2O2. The lowest BCUT2D eigenvalue weighted by molar-refractivity contribution is -0.125. The topological polar surface area (TPSA) is 78.3 Å². The first kappa shape index (κ1) is 13.8. The lowest BCUT2D eigenvalue weighted by Gasteiger charge is -2.35. The molecule has 1 aromatic carbocycles. The van der Waals surface area contributed by atoms with Gasteiger partial charge in [0.25, 0.3) is 0 Å². The molecule has 1 saturated carbocycles. The molecule has 2 rings (SSSR count). The predicted molar refractivity (Wildman–Crippen MR) is 70.1 cm³/mol. The molecule has 0 saturated heterocycles. The zero-order chi connectivity index (χ0) is 14.0. The first-order chi connectivity index (χ1) is 8.90. The number of hydrogen-bond donors (Lipinski definition) is 2. The lowest BCUT2D eigenvalue weighted by atomic mass is 9.80. The predicted octanol–water partition coefficient (Wildman–Crippen LogP) is 1.64. The summed E-state index contributed by atoms with van der Waals surface area (Å²) in [5, 5.41) is 0. The Bertz CT molecular complexity index is 492. The van der Waals surface area contributed by atoms with Crippen LogP contribution in [0, 0.1) is 12.7 Å². The summed E-state index contributed by atoms with van der Waals surface area (Å²) in [6.45, 7) is 1.85. The van der Waals surface area contributed by atoms with Crippen LogP contribution < -0.4 is 16.2 Å². The molecular weight excluding hydrogens is 247 g/mol. The van der Waals surface area contributed by atoms with Crippen molar-refractivity contribution in [3.8, 4) is 5.75 Å². The summed E-state index contributed by atoms with van der Waals surface area (Å²) < 4.78 is 19.0. The normalized spacial score (nSPS) is 27.0. The summed E-state index contributed by atoms with van der Waals surface area (Å²) in [5.74, 6) is -0.346. The number of ether oxygens (including phenoxy) is 1. The molecule has 2 atom stereocenters. The molecule has 1 aliphatic rings. The first-order valence-electron chi connectivity index (χ1n) is 6.42. The molecule has 0 aliphatic heterocycles. The minimum absolute atomic E-state index is 0.202. The summed E-state index contributed by atoms with van der Waals surface area (Å²) in [7, 11) is 0. The maximum absolute atomic E-state index is 13.2. The van der Waals surface area contributed by atoms with Crippen molar-refractivity contribution in [3.63, 3.8) is 0 Å². The van der Waals surface area contributed by atoms with E-state index in [1.165, 1.54) is 12.1 Å². The van der Waals surface area contributed by atoms with Crippen molar-refractivity contribution in [2.75, 3.05) is 0 Å². The first-order valence-corrected chi connectivity index (χ1v) is 6.42. The molecule has 19 heavy (non-hydrogen) atoms. The van der Waals surface area contributed by atoms with Crippen LogP contribution in [0.1, 0.15) is 31.2 Å². The standard InChI is InChI=1S/C14H19FN2O2/c1-9-4-5-10(15)7-12(9)19-11-3-2-6-14(17,8-11)13(16)18/h4-5,7,11H,2-3,6,8,17H2,1H3,(H2,16,18). The van der Waals surface area contributed by atoms with Gasteiger partial charge in [-0.1, -0.05) is 6.07 Å². The van der Waals surface area contributed by atoms with Gasteiger partial charge in [0.1, 0.15) is 17.7 Å². The number of aryl methyl sites for hydroxylation is 1. The summed E-state index contributed by atoms with van der Waals surface area (Å²) in [6, 6.07) is 4.41. The van der Waals surface area contributed by atoms with E-state index in [-0.39, 0.29) is 11.9 Å². The van der Waals surface area contributed by atoms with E-state index in [0.717, 1.165) is 18.4 Å². The van der Waals surface area contributed by atoms with E-state index >= 15 is 0 Å². The van der Waals surface area contributed by atoms with E-state index in [1.807, 2.05) is 6.92 Å². The van der Waals surface area contributed by atoms with E-state index in [1.54, 1.807) is 6.07 Å². The van der Waals surface area contributed by atoms with Crippen molar-refractivity contribution >= 4 is 5.91 Å². The quantitative estimate of drug-likeness (QED) is 0.873. The Morgan fingerprint density at radius 1 is 1.53 bits per heavy atom. The van der Waals surface area contributed by atoms with Crippen LogP contribution in [0.3, 0.4) is 0 Å². The van der Waals surface area contributed by atoms with Crippen LogP contribution in [0.4, 0.5) is 4.39 Å². The highest BCUT2D eigenvalue weighted by Crippen LogP contribution is 2.30. The van der Waals surface area contributed by atoms with Crippen LogP contribution in [0.25, 0.3) is 0 Å². The van der Waals surface area contributed by atoms with E-state index in [2.05, 4.69) is 0 Å². The highest BCUT2D eigenvalue weighted by molar-refractivity contribution is 5.84. The number of carbonyl (C=O) groups is 1. The van der Waals surface area contributed by atoms with Crippen LogP contribution in [0.5, 0.6) is 5.75 Å². The van der Waals surface area contributed by atoms with Crippen LogP contribution >= 0.6 is 0 Å². The molecule has 5 heteroatoms. The van der Waals surface area contributed by atoms with Gasteiger partial charge in [-0.2, -0.15) is 0 Å². The Labute approximate surface area is 111 Å². The monoisotopic (exact) mass is 266 g/mol. The van der Waals surface area contributed by atoms with Gasteiger partial charge < -0.3 is 16.2 Å². The van der Waals surface area contributed by atoms with Gasteiger partial charge in [-0.25, -0.2) is 4.39 Å². The van der Waals surface area contributed by atoms with Gasteiger partial charge in [0.15, 0.2) is 0 Å². The fourth-order valence-electron chi connectivity index (χ4n) is 2.46. The number of amides is 1. The van der Waals surface area contributed by atoms with Gasteiger partial charge in [0.05, 0.1) is 5.54 Å². The second-order valence-electron chi connectivity index (χ2n) is 5.27. The summed E-state index contributed by atoms with van der Waals surface area (Å²) in [4.78, 5) is 11.4. The maximum atomic E-state index is 13.2. The molecule has 4 nitrogen and oxygen atoms in total. The van der Waals surface area contributed by atoms with Crippen LogP contribution in [0.15, 0.2) is 18.2 Å². The fourth-order valence-corrected chi connectivity index (χ4v) is 2.46. The molecule has 2 unspecified atom stereocenters. The molecule has 1 fully saturated rings. The minimum atomic E-state index is -1.01. The molecule has 0 heterocycles. The van der Waals surface area contributed by atoms with Gasteiger partial charge in [-0.15, -0.1) is 0 Å². The molecule has 4 N–H and O–H groups in total. The third-order valence-electron chi connectivity index (χ3n) is 3.68. The van der Waals surface area contributed by atoms with Crippen molar-refractivity contribution in [1.29, 1.82) is 0 Å². The lowest BCUT2D eigenvalue weighted by Crippen LogP contribution is -2.56. The number of hydrogen-bond acceptors (Lipinski definition) is 3. The summed E-state index contributed by atoms with van der Waals surface area (Å²) in [5.41, 5.74) is 11.2. The Kier molecular flexibility index (Phi) is 3.75. The van der Waals surface area contributed by atoms with Crippen molar-refractivity contribution in [2.24, 2.45) is 11.5 Å². The van der Waals surface area contributed by atoms with Crippen molar-refractivity contribution in [3.05, 3.63) is 29.6 Å². The molecule has 0 spiro atoms. The second-order valence-corrected chi connectivity index (χ2v) is 5.27. The molecule has 104 valence electrons. The average Bonchev–Trinajstić information content (AvgIpc) is 2.34. The zero-order valence-corrected chi connectivity index (χ0v) is 11.0. The highest BCUT2D eigenvalue weighted by atomic mass is 19.1. The number of rotatable bonds is 3. The number of nitrogens with two attached hydrogens (primary N) is 2. The minimum Gasteiger partial charge on any atom is -0.490 e. The fraction of sp³-hybridized carbons (Fsp3) is 0.500. The molecule has 1 aliphatic carbocycles. The van der Waals surface area contributed by atoms with Crippen molar-refractivity contribution in [1.82, 2.24) is 0 Å². The second kappa shape index (κ2) is 5.17. The molecule has 0 aromatic heterocycles. The van der Waals surface area contributed by atoms with Gasteiger partial charge in [-0.05, 0) is 37.8 Å². The van der Waals surface area contributed by atoms with E-state index in [4.69, 9.17) is 16.2 Å². The van der Waals surface area contributed by atoms with Gasteiger partial charge in [-0.3, -0.25) is 4.79 Å². The van der Waals surface area contributed by atoms with Crippen LogP contribution in [-0.4, -0.2) is 17.6 Å². The van der Waals surface area contributed by atoms with Gasteiger partial charge >= 0.3 is 0 Å². The van der Waals surface area contributed by atoms with Crippen molar-refractivity contribution < 1.29 is 13.9 Å². The Hall–Kier alpha value is -1.62.